The molecule has 2 rings (SSSR count). The second-order valence-corrected chi connectivity index (χ2v) is 6.05. The Morgan fingerprint density at radius 1 is 1.15 bits per heavy atom. The van der Waals surface area contributed by atoms with Gasteiger partial charge in [-0.15, -0.1) is 0 Å². The third kappa shape index (κ3) is 3.05. The van der Waals surface area contributed by atoms with Gasteiger partial charge in [-0.2, -0.15) is 0 Å². The Labute approximate surface area is 123 Å². The van der Waals surface area contributed by atoms with Gasteiger partial charge in [-0.3, -0.25) is 4.79 Å². The number of amides is 1. The van der Waals surface area contributed by atoms with Crippen molar-refractivity contribution in [3.8, 4) is 0 Å². The summed E-state index contributed by atoms with van der Waals surface area (Å²) in [6, 6.07) is 10.3. The maximum absolute atomic E-state index is 12.8. The summed E-state index contributed by atoms with van der Waals surface area (Å²) < 4.78 is 0. The molecule has 1 aromatic rings. The molecule has 0 unspecified atom stereocenters. The van der Waals surface area contributed by atoms with E-state index in [-0.39, 0.29) is 11.3 Å². The van der Waals surface area contributed by atoms with Gasteiger partial charge < -0.3 is 5.32 Å². The minimum Gasteiger partial charge on any atom is -0.355 e. The number of rotatable bonds is 6. The Kier molecular flexibility index (Phi) is 5.22. The molecule has 2 nitrogen and oxygen atoms in total. The van der Waals surface area contributed by atoms with Gasteiger partial charge in [-0.25, -0.2) is 0 Å². The van der Waals surface area contributed by atoms with Gasteiger partial charge in [0.05, 0.1) is 5.41 Å². The molecule has 0 spiro atoms. The Bertz CT molecular complexity index is 416. The number of carbonyl (C=O) groups is 1. The smallest absolute Gasteiger partial charge is 0.230 e. The highest BCUT2D eigenvalue weighted by atomic mass is 16.2. The lowest BCUT2D eigenvalue weighted by Gasteiger charge is -2.29. The maximum Gasteiger partial charge on any atom is 0.230 e. The van der Waals surface area contributed by atoms with Crippen molar-refractivity contribution in [3.05, 3.63) is 35.9 Å². The van der Waals surface area contributed by atoms with E-state index in [1.54, 1.807) is 0 Å². The molecule has 1 aromatic carbocycles. The molecule has 0 bridgehead atoms. The molecule has 0 heterocycles. The first kappa shape index (κ1) is 15.1. The SMILES string of the molecule is CCC(CC)CNC(=O)C1(c2ccccc2)CCCC1. The van der Waals surface area contributed by atoms with Crippen molar-refractivity contribution < 1.29 is 4.79 Å². The molecular formula is C18H27NO. The van der Waals surface area contributed by atoms with Crippen molar-refractivity contribution in [1.29, 1.82) is 0 Å². The van der Waals surface area contributed by atoms with Crippen LogP contribution >= 0.6 is 0 Å². The average Bonchev–Trinajstić information content (AvgIpc) is 3.00. The molecule has 110 valence electrons. The Balaban J connectivity index is 2.11. The van der Waals surface area contributed by atoms with Crippen molar-refractivity contribution in [2.24, 2.45) is 5.92 Å². The first-order valence-electron chi connectivity index (χ1n) is 8.06. The minimum absolute atomic E-state index is 0.244. The molecule has 0 saturated heterocycles. The zero-order chi connectivity index (χ0) is 14.4. The Morgan fingerprint density at radius 3 is 2.30 bits per heavy atom. The van der Waals surface area contributed by atoms with Crippen LogP contribution < -0.4 is 5.32 Å². The highest BCUT2D eigenvalue weighted by Crippen LogP contribution is 2.41. The van der Waals surface area contributed by atoms with Gasteiger partial charge in [-0.1, -0.05) is 69.9 Å². The summed E-state index contributed by atoms with van der Waals surface area (Å²) in [6.07, 6.45) is 6.57. The summed E-state index contributed by atoms with van der Waals surface area (Å²) >= 11 is 0. The van der Waals surface area contributed by atoms with Crippen LogP contribution in [0.3, 0.4) is 0 Å². The molecule has 0 aromatic heterocycles. The van der Waals surface area contributed by atoms with Gasteiger partial charge in [-0.05, 0) is 24.3 Å². The van der Waals surface area contributed by atoms with Crippen molar-refractivity contribution in [3.63, 3.8) is 0 Å². The molecule has 1 N–H and O–H groups in total. The van der Waals surface area contributed by atoms with E-state index in [0.29, 0.717) is 5.92 Å². The van der Waals surface area contributed by atoms with E-state index in [9.17, 15) is 4.79 Å². The molecule has 1 aliphatic rings. The third-order valence-corrected chi connectivity index (χ3v) is 4.92. The van der Waals surface area contributed by atoms with Crippen molar-refractivity contribution in [2.45, 2.75) is 57.8 Å². The number of benzene rings is 1. The maximum atomic E-state index is 12.8. The zero-order valence-corrected chi connectivity index (χ0v) is 12.8. The summed E-state index contributed by atoms with van der Waals surface area (Å²) in [5.41, 5.74) is 0.923. The lowest BCUT2D eigenvalue weighted by Crippen LogP contribution is -2.44. The van der Waals surface area contributed by atoms with E-state index in [1.807, 2.05) is 18.2 Å². The fourth-order valence-electron chi connectivity index (χ4n) is 3.37. The van der Waals surface area contributed by atoms with E-state index in [1.165, 1.54) is 5.56 Å². The van der Waals surface area contributed by atoms with Gasteiger partial charge in [0.1, 0.15) is 0 Å². The van der Waals surface area contributed by atoms with E-state index in [4.69, 9.17) is 0 Å². The summed E-state index contributed by atoms with van der Waals surface area (Å²) in [4.78, 5) is 12.8. The fourth-order valence-corrected chi connectivity index (χ4v) is 3.37. The fraction of sp³-hybridized carbons (Fsp3) is 0.611. The van der Waals surface area contributed by atoms with Crippen molar-refractivity contribution in [2.75, 3.05) is 6.54 Å². The topological polar surface area (TPSA) is 29.1 Å². The second kappa shape index (κ2) is 6.92. The summed E-state index contributed by atoms with van der Waals surface area (Å²) in [5.74, 6) is 0.848. The number of carbonyl (C=O) groups excluding carboxylic acids is 1. The van der Waals surface area contributed by atoms with Crippen LogP contribution in [0.1, 0.15) is 57.9 Å². The first-order chi connectivity index (χ1) is 9.73. The molecular weight excluding hydrogens is 246 g/mol. The predicted octanol–water partition coefficient (Wildman–Crippen LogP) is 4.05. The molecule has 20 heavy (non-hydrogen) atoms. The van der Waals surface area contributed by atoms with Gasteiger partial charge >= 0.3 is 0 Å². The van der Waals surface area contributed by atoms with Gasteiger partial charge in [0.25, 0.3) is 0 Å². The summed E-state index contributed by atoms with van der Waals surface area (Å²) in [7, 11) is 0. The molecule has 0 radical (unpaired) electrons. The van der Waals surface area contributed by atoms with Crippen LogP contribution in [0, 0.1) is 5.92 Å². The Morgan fingerprint density at radius 2 is 1.75 bits per heavy atom. The third-order valence-electron chi connectivity index (χ3n) is 4.92. The number of hydrogen-bond donors (Lipinski definition) is 1. The van der Waals surface area contributed by atoms with Crippen LogP contribution in [0.25, 0.3) is 0 Å². The van der Waals surface area contributed by atoms with Crippen LogP contribution in [-0.4, -0.2) is 12.5 Å². The Hall–Kier alpha value is -1.31. The standard InChI is InChI=1S/C18H27NO/c1-3-15(4-2)14-19-17(20)18(12-8-9-13-18)16-10-6-5-7-11-16/h5-7,10-11,15H,3-4,8-9,12-14H2,1-2H3,(H,19,20). The minimum atomic E-state index is -0.271. The molecule has 1 amide bonds. The second-order valence-electron chi connectivity index (χ2n) is 6.05. The van der Waals surface area contributed by atoms with Crippen LogP contribution in [0.5, 0.6) is 0 Å². The zero-order valence-electron chi connectivity index (χ0n) is 12.8. The normalized spacial score (nSPS) is 17.4. The van der Waals surface area contributed by atoms with Crippen molar-refractivity contribution >= 4 is 5.91 Å². The van der Waals surface area contributed by atoms with Gasteiger partial charge in [0.2, 0.25) is 5.91 Å². The van der Waals surface area contributed by atoms with Gasteiger partial charge in [0.15, 0.2) is 0 Å². The average molecular weight is 273 g/mol. The molecule has 0 aliphatic heterocycles. The van der Waals surface area contributed by atoms with Crippen LogP contribution in [0.15, 0.2) is 30.3 Å². The quantitative estimate of drug-likeness (QED) is 0.832. The lowest BCUT2D eigenvalue weighted by molar-refractivity contribution is -0.126. The van der Waals surface area contributed by atoms with E-state index < -0.39 is 0 Å². The first-order valence-corrected chi connectivity index (χ1v) is 8.06. The summed E-state index contributed by atoms with van der Waals surface area (Å²) in [6.45, 7) is 5.21. The monoisotopic (exact) mass is 273 g/mol. The van der Waals surface area contributed by atoms with E-state index >= 15 is 0 Å². The number of hydrogen-bond acceptors (Lipinski definition) is 1. The molecule has 1 fully saturated rings. The predicted molar refractivity (Wildman–Crippen MR) is 83.7 cm³/mol. The highest BCUT2D eigenvalue weighted by molar-refractivity contribution is 5.88. The van der Waals surface area contributed by atoms with Crippen LogP contribution in [0.4, 0.5) is 0 Å². The molecule has 1 aliphatic carbocycles. The van der Waals surface area contributed by atoms with Crippen molar-refractivity contribution in [1.82, 2.24) is 5.32 Å². The largest absolute Gasteiger partial charge is 0.355 e. The van der Waals surface area contributed by atoms with E-state index in [0.717, 1.165) is 45.1 Å². The van der Waals surface area contributed by atoms with Crippen LogP contribution in [-0.2, 0) is 10.2 Å². The summed E-state index contributed by atoms with van der Waals surface area (Å²) in [5, 5.41) is 3.23. The number of nitrogens with one attached hydrogen (secondary N) is 1. The highest BCUT2D eigenvalue weighted by Gasteiger charge is 2.42. The molecule has 2 heteroatoms. The molecule has 1 saturated carbocycles. The molecule has 0 atom stereocenters. The van der Waals surface area contributed by atoms with E-state index in [2.05, 4.69) is 31.3 Å². The lowest BCUT2D eigenvalue weighted by atomic mass is 9.78. The van der Waals surface area contributed by atoms with Gasteiger partial charge in [0, 0.05) is 6.54 Å². The van der Waals surface area contributed by atoms with Crippen LogP contribution in [0.2, 0.25) is 0 Å².